The third-order valence-corrected chi connectivity index (χ3v) is 5.11. The Morgan fingerprint density at radius 3 is 2.71 bits per heavy atom. The SMILES string of the molecule is COc1ccc2c(c1)SC1=NC(=O)[C@H](Cc3ccccc3)C(=O)N12. The number of carbonyl (C=O) groups is 2. The third-order valence-electron chi connectivity index (χ3n) is 4.11. The van der Waals surface area contributed by atoms with Crippen molar-refractivity contribution in [3.05, 3.63) is 54.1 Å². The highest BCUT2D eigenvalue weighted by Crippen LogP contribution is 2.44. The van der Waals surface area contributed by atoms with E-state index < -0.39 is 5.92 Å². The van der Waals surface area contributed by atoms with Crippen LogP contribution < -0.4 is 9.64 Å². The fraction of sp³-hybridized carbons (Fsp3) is 0.167. The van der Waals surface area contributed by atoms with Gasteiger partial charge in [0, 0.05) is 4.90 Å². The van der Waals surface area contributed by atoms with Crippen molar-refractivity contribution in [3.8, 4) is 5.75 Å². The first-order chi connectivity index (χ1) is 11.7. The topological polar surface area (TPSA) is 59.0 Å². The lowest BCUT2D eigenvalue weighted by Crippen LogP contribution is -2.45. The average molecular weight is 338 g/mol. The molecular weight excluding hydrogens is 324 g/mol. The molecule has 2 aliphatic heterocycles. The summed E-state index contributed by atoms with van der Waals surface area (Å²) in [5, 5.41) is 0.428. The van der Waals surface area contributed by atoms with Crippen LogP contribution in [0.1, 0.15) is 5.56 Å². The maximum atomic E-state index is 12.9. The van der Waals surface area contributed by atoms with Gasteiger partial charge >= 0.3 is 0 Å². The van der Waals surface area contributed by atoms with Gasteiger partial charge in [-0.3, -0.25) is 14.5 Å². The van der Waals surface area contributed by atoms with Crippen LogP contribution in [0.5, 0.6) is 5.75 Å². The number of fused-ring (bicyclic) bond motifs is 3. The van der Waals surface area contributed by atoms with Crippen LogP contribution in [0.2, 0.25) is 0 Å². The molecule has 0 spiro atoms. The molecule has 2 amide bonds. The minimum atomic E-state index is -0.773. The normalized spacial score (nSPS) is 19.0. The van der Waals surface area contributed by atoms with E-state index in [4.69, 9.17) is 4.74 Å². The van der Waals surface area contributed by atoms with Gasteiger partial charge in [0.25, 0.3) is 5.91 Å². The molecule has 0 saturated carbocycles. The van der Waals surface area contributed by atoms with Crippen molar-refractivity contribution in [2.75, 3.05) is 12.0 Å². The van der Waals surface area contributed by atoms with Crippen molar-refractivity contribution in [1.29, 1.82) is 0 Å². The molecule has 5 nitrogen and oxygen atoms in total. The molecule has 0 N–H and O–H groups in total. The molecule has 1 atom stereocenters. The summed E-state index contributed by atoms with van der Waals surface area (Å²) in [6.45, 7) is 0. The van der Waals surface area contributed by atoms with Gasteiger partial charge in [-0.05, 0) is 41.9 Å². The van der Waals surface area contributed by atoms with Crippen LogP contribution in [0, 0.1) is 5.92 Å². The van der Waals surface area contributed by atoms with Crippen molar-refractivity contribution in [2.45, 2.75) is 11.3 Å². The van der Waals surface area contributed by atoms with Crippen molar-refractivity contribution in [2.24, 2.45) is 10.9 Å². The maximum Gasteiger partial charge on any atom is 0.261 e. The minimum Gasteiger partial charge on any atom is -0.497 e. The van der Waals surface area contributed by atoms with Gasteiger partial charge in [0.15, 0.2) is 5.17 Å². The number of nitrogens with zero attached hydrogens (tertiary/aromatic N) is 2. The molecule has 120 valence electrons. The Bertz CT molecular complexity index is 864. The number of methoxy groups -OCH3 is 1. The highest BCUT2D eigenvalue weighted by atomic mass is 32.2. The molecule has 0 fully saturated rings. The molecule has 0 radical (unpaired) electrons. The summed E-state index contributed by atoms with van der Waals surface area (Å²) in [4.78, 5) is 31.8. The number of ether oxygens (including phenoxy) is 1. The average Bonchev–Trinajstić information content (AvgIpc) is 2.96. The van der Waals surface area contributed by atoms with Gasteiger partial charge in [-0.15, -0.1) is 0 Å². The molecule has 2 heterocycles. The summed E-state index contributed by atoms with van der Waals surface area (Å²) in [7, 11) is 1.59. The smallest absolute Gasteiger partial charge is 0.261 e. The Morgan fingerprint density at radius 1 is 1.17 bits per heavy atom. The monoisotopic (exact) mass is 338 g/mol. The lowest BCUT2D eigenvalue weighted by Gasteiger charge is -2.26. The predicted octanol–water partition coefficient (Wildman–Crippen LogP) is 2.89. The van der Waals surface area contributed by atoms with Crippen molar-refractivity contribution in [3.63, 3.8) is 0 Å². The van der Waals surface area contributed by atoms with Crippen LogP contribution in [0.15, 0.2) is 58.4 Å². The quantitative estimate of drug-likeness (QED) is 0.808. The van der Waals surface area contributed by atoms with E-state index in [1.807, 2.05) is 42.5 Å². The molecule has 2 aromatic carbocycles. The Labute approximate surface area is 143 Å². The van der Waals surface area contributed by atoms with E-state index in [2.05, 4.69) is 4.99 Å². The maximum absolute atomic E-state index is 12.9. The molecule has 0 aliphatic carbocycles. The Kier molecular flexibility index (Phi) is 3.61. The van der Waals surface area contributed by atoms with Crippen LogP contribution >= 0.6 is 11.8 Å². The molecular formula is C18H14N2O3S. The van der Waals surface area contributed by atoms with Crippen molar-refractivity contribution in [1.82, 2.24) is 0 Å². The van der Waals surface area contributed by atoms with E-state index in [9.17, 15) is 9.59 Å². The number of benzene rings is 2. The summed E-state index contributed by atoms with van der Waals surface area (Å²) in [5.41, 5.74) is 1.71. The number of carbonyl (C=O) groups excluding carboxylic acids is 2. The highest BCUT2D eigenvalue weighted by Gasteiger charge is 2.43. The van der Waals surface area contributed by atoms with Crippen LogP contribution in [0.4, 0.5) is 5.69 Å². The van der Waals surface area contributed by atoms with E-state index in [0.29, 0.717) is 17.3 Å². The first-order valence-corrected chi connectivity index (χ1v) is 8.35. The first-order valence-electron chi connectivity index (χ1n) is 7.53. The molecule has 0 unspecified atom stereocenters. The number of amides is 2. The number of hydrogen-bond acceptors (Lipinski definition) is 4. The minimum absolute atomic E-state index is 0.217. The van der Waals surface area contributed by atoms with E-state index in [1.54, 1.807) is 18.1 Å². The van der Waals surface area contributed by atoms with Gasteiger partial charge in [-0.25, -0.2) is 0 Å². The van der Waals surface area contributed by atoms with Crippen molar-refractivity contribution >= 4 is 34.4 Å². The molecule has 0 bridgehead atoms. The van der Waals surface area contributed by atoms with Gasteiger partial charge in [-0.1, -0.05) is 30.3 Å². The number of thioether (sulfide) groups is 1. The third kappa shape index (κ3) is 2.39. The summed E-state index contributed by atoms with van der Waals surface area (Å²) in [6, 6.07) is 15.0. The molecule has 2 aromatic rings. The number of rotatable bonds is 3. The summed E-state index contributed by atoms with van der Waals surface area (Å²) >= 11 is 1.32. The fourth-order valence-electron chi connectivity index (χ4n) is 2.88. The van der Waals surface area contributed by atoms with Gasteiger partial charge < -0.3 is 4.74 Å². The number of aliphatic imine (C=N–C) groups is 1. The van der Waals surface area contributed by atoms with Crippen molar-refractivity contribution < 1.29 is 14.3 Å². The lowest BCUT2D eigenvalue weighted by molar-refractivity contribution is -0.131. The second-order valence-electron chi connectivity index (χ2n) is 5.58. The molecule has 24 heavy (non-hydrogen) atoms. The second kappa shape index (κ2) is 5.79. The van der Waals surface area contributed by atoms with Crippen LogP contribution in [-0.2, 0) is 16.0 Å². The summed E-state index contributed by atoms with van der Waals surface area (Å²) in [5.74, 6) is -0.654. The number of amidine groups is 1. The van der Waals surface area contributed by atoms with Crippen LogP contribution in [-0.4, -0.2) is 24.1 Å². The highest BCUT2D eigenvalue weighted by molar-refractivity contribution is 8.15. The van der Waals surface area contributed by atoms with E-state index in [-0.39, 0.29) is 11.8 Å². The van der Waals surface area contributed by atoms with Gasteiger partial charge in [0.2, 0.25) is 5.91 Å². The zero-order chi connectivity index (χ0) is 16.7. The second-order valence-corrected chi connectivity index (χ2v) is 6.59. The van der Waals surface area contributed by atoms with E-state index >= 15 is 0 Å². The Balaban J connectivity index is 1.69. The Hall–Kier alpha value is -2.60. The molecule has 6 heteroatoms. The number of hydrogen-bond donors (Lipinski definition) is 0. The number of anilines is 1. The molecule has 4 rings (SSSR count). The van der Waals surface area contributed by atoms with Gasteiger partial charge in [0.1, 0.15) is 11.7 Å². The first kappa shape index (κ1) is 15.0. The zero-order valence-corrected chi connectivity index (χ0v) is 13.7. The van der Waals surface area contributed by atoms with Gasteiger partial charge in [-0.2, -0.15) is 4.99 Å². The van der Waals surface area contributed by atoms with Crippen LogP contribution in [0.3, 0.4) is 0 Å². The fourth-order valence-corrected chi connectivity index (χ4v) is 3.93. The van der Waals surface area contributed by atoms with E-state index in [1.165, 1.54) is 11.8 Å². The molecule has 0 saturated heterocycles. The zero-order valence-electron chi connectivity index (χ0n) is 12.9. The summed E-state index contributed by atoms with van der Waals surface area (Å²) in [6.07, 6.45) is 0.363. The van der Waals surface area contributed by atoms with Crippen LogP contribution in [0.25, 0.3) is 0 Å². The molecule has 2 aliphatic rings. The molecule has 0 aromatic heterocycles. The standard InChI is InChI=1S/C18H14N2O3S/c1-23-12-7-8-14-15(10-12)24-18-19-16(21)13(17(22)20(14)18)9-11-5-3-2-4-6-11/h2-8,10,13H,9H2,1H3/t13-/m0/s1. The summed E-state index contributed by atoms with van der Waals surface area (Å²) < 4.78 is 5.22. The van der Waals surface area contributed by atoms with Gasteiger partial charge in [0.05, 0.1) is 12.8 Å². The largest absolute Gasteiger partial charge is 0.497 e. The predicted molar refractivity (Wildman–Crippen MR) is 92.4 cm³/mol. The van der Waals surface area contributed by atoms with E-state index in [0.717, 1.165) is 16.1 Å². The Morgan fingerprint density at radius 2 is 1.96 bits per heavy atom. The lowest BCUT2D eigenvalue weighted by atomic mass is 9.96.